The molecule has 2 aromatic carbocycles. The van der Waals surface area contributed by atoms with E-state index in [1.165, 1.54) is 36.6 Å². The number of nitrogens with zero attached hydrogens (tertiary/aromatic N) is 1. The molecule has 9 nitrogen and oxygen atoms in total. The van der Waals surface area contributed by atoms with Crippen molar-refractivity contribution in [2.24, 2.45) is 0 Å². The number of hydrogen-bond acceptors (Lipinski definition) is 6. The van der Waals surface area contributed by atoms with Crippen LogP contribution < -0.4 is 10.1 Å². The monoisotopic (exact) mass is 423 g/mol. The van der Waals surface area contributed by atoms with Gasteiger partial charge < -0.3 is 19.8 Å². The third kappa shape index (κ3) is 4.20. The molecule has 2 N–H and O–H groups in total. The molecule has 0 unspecified atom stereocenters. The van der Waals surface area contributed by atoms with E-state index in [2.05, 4.69) is 10.3 Å². The molecule has 1 heterocycles. The molecule has 0 spiro atoms. The number of aromatic amines is 1. The average molecular weight is 423 g/mol. The van der Waals surface area contributed by atoms with Crippen LogP contribution in [-0.2, 0) is 22.4 Å². The lowest BCUT2D eigenvalue weighted by Crippen LogP contribution is -2.21. The molecule has 1 amide bonds. The van der Waals surface area contributed by atoms with Crippen LogP contribution in [0.15, 0.2) is 36.4 Å². The summed E-state index contributed by atoms with van der Waals surface area (Å²) in [5.41, 5.74) is 3.46. The first-order valence-electron chi connectivity index (χ1n) is 9.89. The number of benzene rings is 2. The van der Waals surface area contributed by atoms with E-state index < -0.39 is 23.4 Å². The number of aryl methyl sites for hydroxylation is 2. The maximum Gasteiger partial charge on any atom is 0.338 e. The van der Waals surface area contributed by atoms with Gasteiger partial charge in [0, 0.05) is 16.6 Å². The third-order valence-electron chi connectivity index (χ3n) is 5.34. The van der Waals surface area contributed by atoms with E-state index in [0.717, 1.165) is 36.6 Å². The predicted octanol–water partition coefficient (Wildman–Crippen LogP) is 3.76. The fourth-order valence-corrected chi connectivity index (χ4v) is 3.83. The molecule has 0 saturated heterocycles. The summed E-state index contributed by atoms with van der Waals surface area (Å²) >= 11 is 0. The Labute approximate surface area is 177 Å². The fraction of sp³-hybridized carbons (Fsp3) is 0.273. The minimum absolute atomic E-state index is 0.00720. The maximum absolute atomic E-state index is 12.5. The summed E-state index contributed by atoms with van der Waals surface area (Å²) in [6.07, 6.45) is 4.24. The highest BCUT2D eigenvalue weighted by Gasteiger charge is 2.20. The Morgan fingerprint density at radius 2 is 1.97 bits per heavy atom. The van der Waals surface area contributed by atoms with Gasteiger partial charge in [-0.2, -0.15) is 0 Å². The summed E-state index contributed by atoms with van der Waals surface area (Å²) in [4.78, 5) is 38.6. The van der Waals surface area contributed by atoms with Gasteiger partial charge in [-0.25, -0.2) is 4.79 Å². The Kier molecular flexibility index (Phi) is 5.57. The smallest absolute Gasteiger partial charge is 0.338 e. The molecule has 0 saturated carbocycles. The van der Waals surface area contributed by atoms with Crippen molar-refractivity contribution < 1.29 is 24.0 Å². The number of carbonyl (C=O) groups is 2. The van der Waals surface area contributed by atoms with Gasteiger partial charge in [0.25, 0.3) is 11.6 Å². The summed E-state index contributed by atoms with van der Waals surface area (Å²) in [7, 11) is 1.39. The summed E-state index contributed by atoms with van der Waals surface area (Å²) in [5, 5.41) is 14.6. The highest BCUT2D eigenvalue weighted by Crippen LogP contribution is 2.30. The van der Waals surface area contributed by atoms with Crippen molar-refractivity contribution in [3.8, 4) is 5.75 Å². The number of carbonyl (C=O) groups excluding carboxylic acids is 2. The van der Waals surface area contributed by atoms with Crippen LogP contribution in [0.25, 0.3) is 10.9 Å². The standard InChI is InChI=1S/C22H21N3O6/c1-30-14-7-9-19(20(11-14)25(28)29)24-21(26)12-31-22(27)13-6-8-18-16(10-13)15-4-2-3-5-17(15)23-18/h6-11,23H,2-5,12H2,1H3,(H,24,26). The number of aromatic nitrogens is 1. The van der Waals surface area contributed by atoms with Crippen LogP contribution in [-0.4, -0.2) is 35.5 Å². The lowest BCUT2D eigenvalue weighted by atomic mass is 9.95. The Morgan fingerprint density at radius 3 is 2.74 bits per heavy atom. The summed E-state index contributed by atoms with van der Waals surface area (Å²) in [5.74, 6) is -1.02. The molecule has 1 aliphatic rings. The number of methoxy groups -OCH3 is 1. The topological polar surface area (TPSA) is 124 Å². The van der Waals surface area contributed by atoms with Crippen molar-refractivity contribution in [1.29, 1.82) is 0 Å². The number of H-pyrrole nitrogens is 1. The van der Waals surface area contributed by atoms with Crippen LogP contribution >= 0.6 is 0 Å². The second-order valence-corrected chi connectivity index (χ2v) is 7.31. The normalized spacial score (nSPS) is 12.8. The van der Waals surface area contributed by atoms with E-state index >= 15 is 0 Å². The zero-order valence-electron chi connectivity index (χ0n) is 16.9. The summed E-state index contributed by atoms with van der Waals surface area (Å²) in [6.45, 7) is -0.564. The minimum Gasteiger partial charge on any atom is -0.496 e. The van der Waals surface area contributed by atoms with Crippen LogP contribution in [0.4, 0.5) is 11.4 Å². The molecule has 0 radical (unpaired) electrons. The number of rotatable bonds is 6. The van der Waals surface area contributed by atoms with Crippen LogP contribution in [0.2, 0.25) is 0 Å². The first kappa shape index (κ1) is 20.4. The fourth-order valence-electron chi connectivity index (χ4n) is 3.83. The Balaban J connectivity index is 1.43. The lowest BCUT2D eigenvalue weighted by Gasteiger charge is -2.10. The van der Waals surface area contributed by atoms with Crippen molar-refractivity contribution in [3.05, 3.63) is 63.3 Å². The minimum atomic E-state index is -0.679. The number of nitro benzene ring substituents is 1. The molecular formula is C22H21N3O6. The average Bonchev–Trinajstić information content (AvgIpc) is 3.15. The van der Waals surface area contributed by atoms with Gasteiger partial charge in [-0.1, -0.05) is 0 Å². The van der Waals surface area contributed by atoms with Crippen LogP contribution in [0.5, 0.6) is 5.75 Å². The van der Waals surface area contributed by atoms with Crippen LogP contribution in [0.1, 0.15) is 34.5 Å². The van der Waals surface area contributed by atoms with Gasteiger partial charge >= 0.3 is 5.97 Å². The Morgan fingerprint density at radius 1 is 1.16 bits per heavy atom. The highest BCUT2D eigenvalue weighted by atomic mass is 16.6. The van der Waals surface area contributed by atoms with Crippen molar-refractivity contribution >= 4 is 34.2 Å². The number of fused-ring (bicyclic) bond motifs is 3. The molecule has 9 heteroatoms. The molecule has 4 rings (SSSR count). The molecule has 1 aliphatic carbocycles. The molecule has 0 aliphatic heterocycles. The lowest BCUT2D eigenvalue weighted by molar-refractivity contribution is -0.384. The second kappa shape index (κ2) is 8.47. The van der Waals surface area contributed by atoms with Crippen molar-refractivity contribution in [1.82, 2.24) is 4.98 Å². The molecule has 0 atom stereocenters. The largest absolute Gasteiger partial charge is 0.496 e. The van der Waals surface area contributed by atoms with Crippen molar-refractivity contribution in [2.45, 2.75) is 25.7 Å². The van der Waals surface area contributed by atoms with Gasteiger partial charge in [0.15, 0.2) is 6.61 Å². The Hall–Kier alpha value is -3.88. The van der Waals surface area contributed by atoms with Gasteiger partial charge in [-0.3, -0.25) is 14.9 Å². The number of amides is 1. The first-order chi connectivity index (χ1) is 15.0. The van der Waals surface area contributed by atoms with Gasteiger partial charge in [0.2, 0.25) is 0 Å². The number of hydrogen-bond donors (Lipinski definition) is 2. The van der Waals surface area contributed by atoms with Gasteiger partial charge in [0.05, 0.1) is 23.7 Å². The molecule has 0 fully saturated rings. The van der Waals surface area contributed by atoms with Crippen molar-refractivity contribution in [2.75, 3.05) is 19.0 Å². The summed E-state index contributed by atoms with van der Waals surface area (Å²) < 4.78 is 10.1. The molecule has 1 aromatic heterocycles. The van der Waals surface area contributed by atoms with E-state index in [0.29, 0.717) is 11.3 Å². The van der Waals surface area contributed by atoms with Gasteiger partial charge in [-0.15, -0.1) is 0 Å². The predicted molar refractivity (Wildman–Crippen MR) is 114 cm³/mol. The van der Waals surface area contributed by atoms with E-state index in [1.807, 2.05) is 6.07 Å². The number of ether oxygens (including phenoxy) is 2. The van der Waals surface area contributed by atoms with E-state index in [9.17, 15) is 19.7 Å². The maximum atomic E-state index is 12.5. The number of esters is 1. The molecule has 160 valence electrons. The molecule has 31 heavy (non-hydrogen) atoms. The number of nitro groups is 1. The number of nitrogens with one attached hydrogen (secondary N) is 2. The third-order valence-corrected chi connectivity index (χ3v) is 5.34. The van der Waals surface area contributed by atoms with Crippen molar-refractivity contribution in [3.63, 3.8) is 0 Å². The SMILES string of the molecule is COc1ccc(NC(=O)COC(=O)c2ccc3[nH]c4c(c3c2)CCCC4)c([N+](=O)[O-])c1. The van der Waals surface area contributed by atoms with Gasteiger partial charge in [-0.05, 0) is 61.6 Å². The highest BCUT2D eigenvalue weighted by molar-refractivity contribution is 5.99. The molecule has 0 bridgehead atoms. The van der Waals surface area contributed by atoms with E-state index in [1.54, 1.807) is 12.1 Å². The van der Waals surface area contributed by atoms with Crippen LogP contribution in [0, 0.1) is 10.1 Å². The van der Waals surface area contributed by atoms with Crippen LogP contribution in [0.3, 0.4) is 0 Å². The van der Waals surface area contributed by atoms with Gasteiger partial charge in [0.1, 0.15) is 11.4 Å². The zero-order chi connectivity index (χ0) is 22.0. The second-order valence-electron chi connectivity index (χ2n) is 7.31. The van der Waals surface area contributed by atoms with E-state index in [4.69, 9.17) is 9.47 Å². The summed E-state index contributed by atoms with van der Waals surface area (Å²) in [6, 6.07) is 9.32. The Bertz CT molecular complexity index is 1180. The molecule has 3 aromatic rings. The number of anilines is 1. The first-order valence-corrected chi connectivity index (χ1v) is 9.89. The quantitative estimate of drug-likeness (QED) is 0.353. The molecular weight excluding hydrogens is 402 g/mol. The van der Waals surface area contributed by atoms with E-state index in [-0.39, 0.29) is 11.4 Å². The zero-order valence-corrected chi connectivity index (χ0v) is 16.9.